The second-order valence-corrected chi connectivity index (χ2v) is 5.19. The number of nitrogens with one attached hydrogen (secondary N) is 1. The summed E-state index contributed by atoms with van der Waals surface area (Å²) >= 11 is 0. The van der Waals surface area contributed by atoms with Gasteiger partial charge in [-0.2, -0.15) is 5.10 Å². The molecule has 1 aromatic heterocycles. The van der Waals surface area contributed by atoms with Gasteiger partial charge in [0.25, 0.3) is 5.91 Å². The van der Waals surface area contributed by atoms with Crippen molar-refractivity contribution in [2.45, 2.75) is 26.5 Å². The molecule has 124 valence electrons. The van der Waals surface area contributed by atoms with E-state index in [0.29, 0.717) is 12.2 Å². The summed E-state index contributed by atoms with van der Waals surface area (Å²) in [5.41, 5.74) is 2.46. The van der Waals surface area contributed by atoms with Gasteiger partial charge >= 0.3 is 0 Å². The maximum atomic E-state index is 12.2. The lowest BCUT2D eigenvalue weighted by Gasteiger charge is -2.12. The highest BCUT2D eigenvalue weighted by atomic mass is 16.5. The predicted molar refractivity (Wildman–Crippen MR) is 88.2 cm³/mol. The van der Waals surface area contributed by atoms with Crippen LogP contribution in [0, 0.1) is 0 Å². The second-order valence-electron chi connectivity index (χ2n) is 5.19. The number of hydrogen-bond acceptors (Lipinski definition) is 4. The summed E-state index contributed by atoms with van der Waals surface area (Å²) in [6.45, 7) is 5.60. The van der Waals surface area contributed by atoms with Crippen LogP contribution in [-0.4, -0.2) is 46.7 Å². The summed E-state index contributed by atoms with van der Waals surface area (Å²) in [5.74, 6) is -0.217. The van der Waals surface area contributed by atoms with Crippen LogP contribution in [0.1, 0.15) is 24.2 Å². The molecule has 1 aromatic carbocycles. The number of aliphatic hydroxyl groups is 1. The number of benzene rings is 1. The molecule has 23 heavy (non-hydrogen) atoms. The number of amides is 1. The topological polar surface area (TPSA) is 76.4 Å². The molecule has 6 heteroatoms. The maximum absolute atomic E-state index is 12.2. The number of hydrogen-bond donors (Lipinski definition) is 2. The molecule has 1 unspecified atom stereocenters. The number of carbonyl (C=O) groups excluding carboxylic acids is 1. The number of carbonyl (C=O) groups is 1. The first kappa shape index (κ1) is 17.2. The van der Waals surface area contributed by atoms with E-state index in [0.717, 1.165) is 17.7 Å². The van der Waals surface area contributed by atoms with Crippen molar-refractivity contribution in [3.63, 3.8) is 0 Å². The van der Waals surface area contributed by atoms with Crippen LogP contribution in [0.25, 0.3) is 11.1 Å². The summed E-state index contributed by atoms with van der Waals surface area (Å²) in [5, 5.41) is 16.6. The Labute approximate surface area is 136 Å². The Morgan fingerprint density at radius 3 is 2.91 bits per heavy atom. The van der Waals surface area contributed by atoms with E-state index in [1.807, 2.05) is 42.9 Å². The van der Waals surface area contributed by atoms with Crippen molar-refractivity contribution in [2.24, 2.45) is 0 Å². The Morgan fingerprint density at radius 2 is 2.22 bits per heavy atom. The van der Waals surface area contributed by atoms with Crippen LogP contribution in [0.2, 0.25) is 0 Å². The normalized spacial score (nSPS) is 12.1. The molecule has 0 saturated carbocycles. The molecule has 2 N–H and O–H groups in total. The van der Waals surface area contributed by atoms with Gasteiger partial charge < -0.3 is 15.2 Å². The summed E-state index contributed by atoms with van der Waals surface area (Å²) in [4.78, 5) is 12.2. The quantitative estimate of drug-likeness (QED) is 0.777. The molecule has 0 spiro atoms. The number of aliphatic hydroxyl groups excluding tert-OH is 1. The first-order valence-corrected chi connectivity index (χ1v) is 7.81. The average Bonchev–Trinajstić information content (AvgIpc) is 3.07. The van der Waals surface area contributed by atoms with Gasteiger partial charge in [-0.15, -0.1) is 0 Å². The van der Waals surface area contributed by atoms with Gasteiger partial charge in [0.15, 0.2) is 0 Å². The van der Waals surface area contributed by atoms with Gasteiger partial charge in [0, 0.05) is 37.0 Å². The molecule has 6 nitrogen and oxygen atoms in total. The lowest BCUT2D eigenvalue weighted by molar-refractivity contribution is 0.0418. The van der Waals surface area contributed by atoms with Gasteiger partial charge in [-0.05, 0) is 31.5 Å². The van der Waals surface area contributed by atoms with Gasteiger partial charge in [-0.1, -0.05) is 12.1 Å². The molecule has 2 rings (SSSR count). The van der Waals surface area contributed by atoms with Gasteiger partial charge in [-0.25, -0.2) is 0 Å². The van der Waals surface area contributed by atoms with Gasteiger partial charge in [0.05, 0.1) is 18.9 Å². The number of nitrogens with zero attached hydrogens (tertiary/aromatic N) is 2. The summed E-state index contributed by atoms with van der Waals surface area (Å²) in [6, 6.07) is 7.35. The smallest absolute Gasteiger partial charge is 0.251 e. The monoisotopic (exact) mass is 317 g/mol. The molecule has 1 amide bonds. The van der Waals surface area contributed by atoms with Gasteiger partial charge in [0.2, 0.25) is 0 Å². The molecule has 2 aromatic rings. The first-order valence-electron chi connectivity index (χ1n) is 7.81. The Morgan fingerprint density at radius 1 is 1.39 bits per heavy atom. The molecular weight excluding hydrogens is 294 g/mol. The lowest BCUT2D eigenvalue weighted by Crippen LogP contribution is -2.34. The maximum Gasteiger partial charge on any atom is 0.251 e. The van der Waals surface area contributed by atoms with Crippen molar-refractivity contribution in [1.29, 1.82) is 0 Å². The van der Waals surface area contributed by atoms with E-state index in [1.165, 1.54) is 0 Å². The zero-order chi connectivity index (χ0) is 16.7. The molecule has 1 atom stereocenters. The minimum absolute atomic E-state index is 0.164. The fourth-order valence-corrected chi connectivity index (χ4v) is 2.15. The van der Waals surface area contributed by atoms with Crippen molar-refractivity contribution in [2.75, 3.05) is 19.8 Å². The number of aromatic nitrogens is 2. The van der Waals surface area contributed by atoms with E-state index < -0.39 is 6.10 Å². The average molecular weight is 317 g/mol. The van der Waals surface area contributed by atoms with Crippen LogP contribution >= 0.6 is 0 Å². The third-order valence-corrected chi connectivity index (χ3v) is 3.43. The van der Waals surface area contributed by atoms with Crippen LogP contribution in [0.3, 0.4) is 0 Å². The largest absolute Gasteiger partial charge is 0.389 e. The highest BCUT2D eigenvalue weighted by Gasteiger charge is 2.10. The van der Waals surface area contributed by atoms with Crippen LogP contribution in [-0.2, 0) is 11.3 Å². The highest BCUT2D eigenvalue weighted by molar-refractivity contribution is 5.95. The third kappa shape index (κ3) is 4.91. The van der Waals surface area contributed by atoms with Crippen molar-refractivity contribution >= 4 is 5.91 Å². The van der Waals surface area contributed by atoms with Crippen molar-refractivity contribution in [3.05, 3.63) is 42.2 Å². The summed E-state index contributed by atoms with van der Waals surface area (Å²) in [6.07, 6.45) is 3.03. The first-order chi connectivity index (χ1) is 11.1. The van der Waals surface area contributed by atoms with Crippen LogP contribution in [0.5, 0.6) is 0 Å². The molecule has 0 aliphatic rings. The van der Waals surface area contributed by atoms with E-state index >= 15 is 0 Å². The predicted octanol–water partition coefficient (Wildman–Crippen LogP) is 1.70. The van der Waals surface area contributed by atoms with Gasteiger partial charge in [-0.3, -0.25) is 9.48 Å². The van der Waals surface area contributed by atoms with E-state index in [2.05, 4.69) is 10.4 Å². The van der Waals surface area contributed by atoms with Crippen molar-refractivity contribution < 1.29 is 14.6 Å². The molecule has 1 heterocycles. The van der Waals surface area contributed by atoms with E-state index in [1.54, 1.807) is 12.3 Å². The van der Waals surface area contributed by atoms with Crippen LogP contribution < -0.4 is 5.32 Å². The number of ether oxygens (including phenoxy) is 1. The Kier molecular flexibility index (Phi) is 6.31. The zero-order valence-corrected chi connectivity index (χ0v) is 13.5. The lowest BCUT2D eigenvalue weighted by atomic mass is 10.1. The summed E-state index contributed by atoms with van der Waals surface area (Å²) < 4.78 is 6.95. The highest BCUT2D eigenvalue weighted by Crippen LogP contribution is 2.19. The van der Waals surface area contributed by atoms with E-state index in [-0.39, 0.29) is 19.1 Å². The number of rotatable bonds is 8. The molecule has 0 radical (unpaired) electrons. The molecular formula is C17H23N3O3. The Balaban J connectivity index is 2.00. The van der Waals surface area contributed by atoms with Crippen LogP contribution in [0.4, 0.5) is 0 Å². The third-order valence-electron chi connectivity index (χ3n) is 3.43. The number of aryl methyl sites for hydroxylation is 1. The fourth-order valence-electron chi connectivity index (χ4n) is 2.15. The molecule has 0 fully saturated rings. The SMILES string of the molecule is CCOCC(O)CNC(=O)c1cccc(-c2cnn(CC)c2)c1. The van der Waals surface area contributed by atoms with Gasteiger partial charge in [0.1, 0.15) is 0 Å². The minimum atomic E-state index is -0.704. The second kappa shape index (κ2) is 8.45. The van der Waals surface area contributed by atoms with E-state index in [9.17, 15) is 9.90 Å². The Bertz CT molecular complexity index is 640. The van der Waals surface area contributed by atoms with E-state index in [4.69, 9.17) is 4.74 Å². The van der Waals surface area contributed by atoms with Crippen LogP contribution in [0.15, 0.2) is 36.7 Å². The van der Waals surface area contributed by atoms with Crippen molar-refractivity contribution in [1.82, 2.24) is 15.1 Å². The standard InChI is InChI=1S/C17H23N3O3/c1-3-20-11-15(9-19-20)13-6-5-7-14(8-13)17(22)18-10-16(21)12-23-4-2/h5-9,11,16,21H,3-4,10,12H2,1-2H3,(H,18,22). The summed E-state index contributed by atoms with van der Waals surface area (Å²) in [7, 11) is 0. The Hall–Kier alpha value is -2.18. The molecule has 0 aliphatic heterocycles. The minimum Gasteiger partial charge on any atom is -0.389 e. The molecule has 0 aliphatic carbocycles. The van der Waals surface area contributed by atoms with Crippen molar-refractivity contribution in [3.8, 4) is 11.1 Å². The molecule has 0 bridgehead atoms. The molecule has 0 saturated heterocycles. The zero-order valence-electron chi connectivity index (χ0n) is 13.5. The fraction of sp³-hybridized carbons (Fsp3) is 0.412.